The highest BCUT2D eigenvalue weighted by Gasteiger charge is 2.39. The number of nitrogen functional groups attached to an aromatic ring is 1. The van der Waals surface area contributed by atoms with Gasteiger partial charge in [-0.15, -0.1) is 11.3 Å². The average Bonchev–Trinajstić information content (AvgIpc) is 2.96. The molecule has 2 aliphatic rings. The summed E-state index contributed by atoms with van der Waals surface area (Å²) in [4.78, 5) is 13.4. The van der Waals surface area contributed by atoms with E-state index in [1.54, 1.807) is 10.3 Å². The molecule has 6 nitrogen and oxygen atoms in total. The first kappa shape index (κ1) is 12.9. The summed E-state index contributed by atoms with van der Waals surface area (Å²) < 4.78 is 26.6. The van der Waals surface area contributed by atoms with Crippen molar-refractivity contribution in [3.05, 3.63) is 11.4 Å². The van der Waals surface area contributed by atoms with Crippen LogP contribution in [0, 0.1) is 0 Å². The Labute approximate surface area is 115 Å². The van der Waals surface area contributed by atoms with E-state index in [4.69, 9.17) is 5.73 Å². The van der Waals surface area contributed by atoms with Crippen molar-refractivity contribution in [1.82, 2.24) is 9.21 Å². The van der Waals surface area contributed by atoms with E-state index in [1.807, 2.05) is 0 Å². The Hall–Kier alpha value is -1.12. The van der Waals surface area contributed by atoms with Crippen LogP contribution in [0.1, 0.15) is 12.8 Å². The Bertz CT molecular complexity index is 610. The van der Waals surface area contributed by atoms with Gasteiger partial charge in [0, 0.05) is 43.2 Å². The Balaban J connectivity index is 1.82. The van der Waals surface area contributed by atoms with Gasteiger partial charge >= 0.3 is 0 Å². The number of sulfonamides is 1. The second kappa shape index (κ2) is 4.46. The number of hydrogen-bond acceptors (Lipinski definition) is 5. The zero-order valence-electron chi connectivity index (χ0n) is 10.3. The average molecular weight is 301 g/mol. The fourth-order valence-electron chi connectivity index (χ4n) is 2.65. The predicted octanol–water partition coefficient (Wildman–Crippen LogP) is 0.326. The fourth-order valence-corrected chi connectivity index (χ4v) is 5.35. The molecule has 2 fully saturated rings. The molecule has 2 saturated heterocycles. The van der Waals surface area contributed by atoms with Crippen molar-refractivity contribution < 1.29 is 13.2 Å². The lowest BCUT2D eigenvalue weighted by atomic mass is 10.2. The van der Waals surface area contributed by atoms with Crippen LogP contribution in [-0.4, -0.2) is 49.2 Å². The third-order valence-corrected chi connectivity index (χ3v) is 6.95. The lowest BCUT2D eigenvalue weighted by Gasteiger charge is -2.36. The van der Waals surface area contributed by atoms with Gasteiger partial charge in [0.15, 0.2) is 0 Å². The van der Waals surface area contributed by atoms with Crippen molar-refractivity contribution in [1.29, 1.82) is 0 Å². The number of piperazine rings is 1. The van der Waals surface area contributed by atoms with Gasteiger partial charge in [0.05, 0.1) is 0 Å². The van der Waals surface area contributed by atoms with Crippen molar-refractivity contribution in [2.75, 3.05) is 25.4 Å². The second-order valence-corrected chi connectivity index (χ2v) is 7.92. The third kappa shape index (κ3) is 2.13. The number of carbonyl (C=O) groups excluding carboxylic acids is 1. The maximum absolute atomic E-state index is 12.4. The van der Waals surface area contributed by atoms with E-state index in [-0.39, 0.29) is 16.2 Å². The van der Waals surface area contributed by atoms with E-state index in [2.05, 4.69) is 0 Å². The summed E-state index contributed by atoms with van der Waals surface area (Å²) in [6.45, 7) is 1.25. The lowest BCUT2D eigenvalue weighted by molar-refractivity contribution is -0.130. The van der Waals surface area contributed by atoms with Crippen molar-refractivity contribution in [2.45, 2.75) is 23.1 Å². The van der Waals surface area contributed by atoms with Gasteiger partial charge in [-0.25, -0.2) is 8.42 Å². The molecule has 1 atom stereocenters. The number of anilines is 1. The van der Waals surface area contributed by atoms with E-state index < -0.39 is 10.0 Å². The molecule has 2 N–H and O–H groups in total. The highest BCUT2D eigenvalue weighted by atomic mass is 32.2. The van der Waals surface area contributed by atoms with Gasteiger partial charge in [0.1, 0.15) is 4.21 Å². The number of thiophene rings is 1. The lowest BCUT2D eigenvalue weighted by Crippen LogP contribution is -2.52. The second-order valence-electron chi connectivity index (χ2n) is 4.84. The molecule has 3 heterocycles. The summed E-state index contributed by atoms with van der Waals surface area (Å²) in [7, 11) is -3.46. The molecule has 0 aliphatic carbocycles. The Morgan fingerprint density at radius 2 is 2.16 bits per heavy atom. The summed E-state index contributed by atoms with van der Waals surface area (Å²) in [6.07, 6.45) is 1.28. The van der Waals surface area contributed by atoms with Gasteiger partial charge in [0.25, 0.3) is 10.0 Å². The van der Waals surface area contributed by atoms with Gasteiger partial charge in [-0.2, -0.15) is 4.31 Å². The standard InChI is InChI=1S/C11H15N3O3S2/c12-8-5-11(18-7-8)19(16,17)13-3-4-14-9(6-13)1-2-10(14)15/h5,7,9H,1-4,6,12H2. The Kier molecular flexibility index (Phi) is 3.03. The zero-order chi connectivity index (χ0) is 13.6. The normalized spacial score (nSPS) is 24.7. The van der Waals surface area contributed by atoms with Crippen molar-refractivity contribution in [3.8, 4) is 0 Å². The van der Waals surface area contributed by atoms with E-state index in [1.165, 1.54) is 10.4 Å². The van der Waals surface area contributed by atoms with Crippen LogP contribution in [0.3, 0.4) is 0 Å². The summed E-state index contributed by atoms with van der Waals surface area (Å²) >= 11 is 1.14. The van der Waals surface area contributed by atoms with Crippen LogP contribution < -0.4 is 5.73 Å². The molecule has 1 unspecified atom stereocenters. The molecular formula is C11H15N3O3S2. The third-order valence-electron chi connectivity index (χ3n) is 3.65. The zero-order valence-corrected chi connectivity index (χ0v) is 11.9. The molecule has 104 valence electrons. The van der Waals surface area contributed by atoms with Gasteiger partial charge in [0.2, 0.25) is 5.91 Å². The Morgan fingerprint density at radius 1 is 1.37 bits per heavy atom. The molecule has 1 amide bonds. The van der Waals surface area contributed by atoms with Crippen LogP contribution in [0.15, 0.2) is 15.7 Å². The number of rotatable bonds is 2. The molecule has 3 rings (SSSR count). The van der Waals surface area contributed by atoms with E-state index in [0.717, 1.165) is 17.8 Å². The molecule has 0 bridgehead atoms. The molecule has 1 aromatic heterocycles. The maximum atomic E-state index is 12.4. The molecule has 0 saturated carbocycles. The molecule has 1 aromatic rings. The van der Waals surface area contributed by atoms with Crippen molar-refractivity contribution in [2.24, 2.45) is 0 Å². The number of carbonyl (C=O) groups is 1. The van der Waals surface area contributed by atoms with Crippen LogP contribution >= 0.6 is 11.3 Å². The van der Waals surface area contributed by atoms with E-state index in [0.29, 0.717) is 31.7 Å². The maximum Gasteiger partial charge on any atom is 0.252 e. The first-order valence-electron chi connectivity index (χ1n) is 6.12. The van der Waals surface area contributed by atoms with Gasteiger partial charge < -0.3 is 10.6 Å². The molecule has 2 aliphatic heterocycles. The van der Waals surface area contributed by atoms with E-state index in [9.17, 15) is 13.2 Å². The van der Waals surface area contributed by atoms with Crippen LogP contribution in [0.2, 0.25) is 0 Å². The van der Waals surface area contributed by atoms with Gasteiger partial charge in [-0.05, 0) is 12.5 Å². The molecular weight excluding hydrogens is 286 g/mol. The summed E-state index contributed by atoms with van der Waals surface area (Å²) in [6, 6.07) is 1.53. The molecule has 0 spiro atoms. The first-order chi connectivity index (χ1) is 8.98. The quantitative estimate of drug-likeness (QED) is 0.853. The number of hydrogen-bond donors (Lipinski definition) is 1. The SMILES string of the molecule is Nc1csc(S(=O)(=O)N2CCN3C(=O)CCC3C2)c1. The van der Waals surface area contributed by atoms with E-state index >= 15 is 0 Å². The smallest absolute Gasteiger partial charge is 0.252 e. The largest absolute Gasteiger partial charge is 0.398 e. The van der Waals surface area contributed by atoms with Crippen LogP contribution in [-0.2, 0) is 14.8 Å². The molecule has 0 aromatic carbocycles. The summed E-state index contributed by atoms with van der Waals surface area (Å²) in [5.41, 5.74) is 6.05. The van der Waals surface area contributed by atoms with Crippen LogP contribution in [0.5, 0.6) is 0 Å². The summed E-state index contributed by atoms with van der Waals surface area (Å²) in [5, 5.41) is 1.63. The topological polar surface area (TPSA) is 83.7 Å². The minimum Gasteiger partial charge on any atom is -0.398 e. The highest BCUT2D eigenvalue weighted by Crippen LogP contribution is 2.29. The number of nitrogens with zero attached hydrogens (tertiary/aromatic N) is 2. The van der Waals surface area contributed by atoms with Crippen molar-refractivity contribution >= 4 is 33.0 Å². The van der Waals surface area contributed by atoms with Crippen LogP contribution in [0.4, 0.5) is 5.69 Å². The molecule has 19 heavy (non-hydrogen) atoms. The molecule has 0 radical (unpaired) electrons. The monoisotopic (exact) mass is 301 g/mol. The fraction of sp³-hybridized carbons (Fsp3) is 0.545. The van der Waals surface area contributed by atoms with Crippen molar-refractivity contribution in [3.63, 3.8) is 0 Å². The minimum absolute atomic E-state index is 0.0355. The van der Waals surface area contributed by atoms with Gasteiger partial charge in [-0.1, -0.05) is 0 Å². The number of amides is 1. The first-order valence-corrected chi connectivity index (χ1v) is 8.44. The predicted molar refractivity (Wildman–Crippen MR) is 72.2 cm³/mol. The Morgan fingerprint density at radius 3 is 2.84 bits per heavy atom. The number of nitrogens with two attached hydrogens (primary N) is 1. The van der Waals surface area contributed by atoms with Crippen LogP contribution in [0.25, 0.3) is 0 Å². The minimum atomic E-state index is -3.46. The highest BCUT2D eigenvalue weighted by molar-refractivity contribution is 7.91. The summed E-state index contributed by atoms with van der Waals surface area (Å²) in [5.74, 6) is 0.141. The van der Waals surface area contributed by atoms with Gasteiger partial charge in [-0.3, -0.25) is 4.79 Å². The number of fused-ring (bicyclic) bond motifs is 1. The molecule has 8 heteroatoms.